The second-order valence-corrected chi connectivity index (χ2v) is 6.08. The number of carbonyl (C=O) groups excluding carboxylic acids is 1. The second-order valence-electron chi connectivity index (χ2n) is 6.08. The van der Waals surface area contributed by atoms with Gasteiger partial charge in [-0.1, -0.05) is 20.8 Å². The largest absolute Gasteiger partial charge is 0.469 e. The van der Waals surface area contributed by atoms with Crippen LogP contribution in [-0.4, -0.2) is 13.1 Å². The van der Waals surface area contributed by atoms with Crippen molar-refractivity contribution in [3.8, 4) is 0 Å². The molecule has 2 nitrogen and oxygen atoms in total. The average molecular weight is 194 g/mol. The van der Waals surface area contributed by atoms with E-state index in [1.54, 1.807) is 0 Å². The van der Waals surface area contributed by atoms with Gasteiger partial charge in [0.2, 0.25) is 0 Å². The van der Waals surface area contributed by atoms with Crippen LogP contribution in [0.15, 0.2) is 0 Å². The highest BCUT2D eigenvalue weighted by molar-refractivity contribution is 5.85. The van der Waals surface area contributed by atoms with Crippen LogP contribution >= 0.6 is 0 Å². The van der Waals surface area contributed by atoms with Crippen molar-refractivity contribution in [3.63, 3.8) is 0 Å². The van der Waals surface area contributed by atoms with E-state index in [0.717, 1.165) is 12.3 Å². The first kappa shape index (κ1) is 8.75. The van der Waals surface area contributed by atoms with E-state index in [9.17, 15) is 4.79 Å². The Morgan fingerprint density at radius 2 is 2.00 bits per heavy atom. The summed E-state index contributed by atoms with van der Waals surface area (Å²) in [7, 11) is 1.53. The molecule has 0 heterocycles. The van der Waals surface area contributed by atoms with Crippen LogP contribution in [0.1, 0.15) is 33.6 Å². The van der Waals surface area contributed by atoms with Crippen molar-refractivity contribution < 1.29 is 9.53 Å². The molecule has 4 unspecified atom stereocenters. The van der Waals surface area contributed by atoms with Crippen LogP contribution in [0.3, 0.4) is 0 Å². The van der Waals surface area contributed by atoms with Crippen LogP contribution in [0.5, 0.6) is 0 Å². The van der Waals surface area contributed by atoms with Crippen molar-refractivity contribution in [2.24, 2.45) is 28.1 Å². The van der Waals surface area contributed by atoms with Gasteiger partial charge in [-0.3, -0.25) is 4.79 Å². The van der Waals surface area contributed by atoms with Crippen molar-refractivity contribution in [1.82, 2.24) is 0 Å². The second kappa shape index (κ2) is 1.89. The molecule has 0 radical (unpaired) electrons. The van der Waals surface area contributed by atoms with E-state index in [-0.39, 0.29) is 16.8 Å². The average Bonchev–Trinajstić information content (AvgIpc) is 2.50. The summed E-state index contributed by atoms with van der Waals surface area (Å²) in [6, 6.07) is 0. The zero-order chi connectivity index (χ0) is 10.4. The van der Waals surface area contributed by atoms with E-state index in [0.29, 0.717) is 11.3 Å². The summed E-state index contributed by atoms with van der Waals surface area (Å²) in [5, 5.41) is 0. The number of hydrogen-bond donors (Lipinski definition) is 0. The predicted molar refractivity (Wildman–Crippen MR) is 52.6 cm³/mol. The lowest BCUT2D eigenvalue weighted by Crippen LogP contribution is -2.26. The molecule has 4 atom stereocenters. The number of carbonyl (C=O) groups is 1. The lowest BCUT2D eigenvalue weighted by Gasteiger charge is -2.29. The Morgan fingerprint density at radius 3 is 2.29 bits per heavy atom. The number of ether oxygens (including phenoxy) is 1. The molecule has 4 aliphatic carbocycles. The maximum absolute atomic E-state index is 11.9. The first-order valence-electron chi connectivity index (χ1n) is 5.51. The van der Waals surface area contributed by atoms with E-state index in [2.05, 4.69) is 20.8 Å². The lowest BCUT2D eigenvalue weighted by atomic mass is 9.75. The fraction of sp³-hybridized carbons (Fsp3) is 0.917. The normalized spacial score (nSPS) is 56.0. The summed E-state index contributed by atoms with van der Waals surface area (Å²) in [5.41, 5.74) is 0.486. The van der Waals surface area contributed by atoms with E-state index < -0.39 is 0 Å². The Balaban J connectivity index is 2.09. The molecule has 0 spiro atoms. The van der Waals surface area contributed by atoms with Gasteiger partial charge >= 0.3 is 5.97 Å². The summed E-state index contributed by atoms with van der Waals surface area (Å²) in [4.78, 5) is 11.9. The van der Waals surface area contributed by atoms with Gasteiger partial charge < -0.3 is 4.74 Å². The lowest BCUT2D eigenvalue weighted by molar-refractivity contribution is -0.148. The molecule has 0 N–H and O–H groups in total. The Hall–Kier alpha value is -0.530. The van der Waals surface area contributed by atoms with Crippen LogP contribution < -0.4 is 0 Å². The Labute approximate surface area is 85.0 Å². The molecular weight excluding hydrogens is 176 g/mol. The predicted octanol–water partition coefficient (Wildman–Crippen LogP) is 2.23. The monoisotopic (exact) mass is 194 g/mol. The standard InChI is InChI=1S/C12H18O2/c1-10(2)7-5-8-11(10,3)12(8,6-7)9(13)14-4/h7-8H,5-6H2,1-4H3. The van der Waals surface area contributed by atoms with Crippen molar-refractivity contribution in [3.05, 3.63) is 0 Å². The van der Waals surface area contributed by atoms with Crippen LogP contribution in [0.25, 0.3) is 0 Å². The molecule has 0 amide bonds. The third-order valence-electron chi connectivity index (χ3n) is 6.13. The third kappa shape index (κ3) is 0.494. The van der Waals surface area contributed by atoms with Gasteiger partial charge in [0.1, 0.15) is 0 Å². The molecule has 4 rings (SSSR count). The molecule has 14 heavy (non-hydrogen) atoms. The van der Waals surface area contributed by atoms with Crippen molar-refractivity contribution in [2.45, 2.75) is 33.6 Å². The van der Waals surface area contributed by atoms with Crippen LogP contribution in [0, 0.1) is 28.1 Å². The number of rotatable bonds is 1. The maximum atomic E-state index is 11.9. The highest BCUT2D eigenvalue weighted by atomic mass is 16.5. The van der Waals surface area contributed by atoms with Gasteiger partial charge in [-0.15, -0.1) is 0 Å². The molecule has 4 aliphatic rings. The van der Waals surface area contributed by atoms with Gasteiger partial charge in [0.15, 0.2) is 0 Å². The summed E-state index contributed by atoms with van der Waals surface area (Å²) < 4.78 is 5.00. The highest BCUT2D eigenvalue weighted by Gasteiger charge is 2.92. The SMILES string of the molecule is COC(=O)C12CC3CC1C2(C)C3(C)C. The van der Waals surface area contributed by atoms with Gasteiger partial charge in [-0.25, -0.2) is 0 Å². The molecule has 2 heteroatoms. The third-order valence-corrected chi connectivity index (χ3v) is 6.13. The van der Waals surface area contributed by atoms with Crippen LogP contribution in [0.4, 0.5) is 0 Å². The minimum atomic E-state index is -0.0874. The first-order chi connectivity index (χ1) is 6.43. The Bertz CT molecular complexity index is 333. The van der Waals surface area contributed by atoms with Gasteiger partial charge in [0.25, 0.3) is 0 Å². The molecular formula is C12H18O2. The minimum absolute atomic E-state index is 0.0538. The molecule has 0 aromatic carbocycles. The Kier molecular flexibility index (Phi) is 1.18. The molecule has 0 aliphatic heterocycles. The van der Waals surface area contributed by atoms with E-state index in [1.165, 1.54) is 13.5 Å². The van der Waals surface area contributed by atoms with Crippen LogP contribution in [-0.2, 0) is 9.53 Å². The summed E-state index contributed by atoms with van der Waals surface area (Å²) in [5.74, 6) is 1.41. The smallest absolute Gasteiger partial charge is 0.312 e. The summed E-state index contributed by atoms with van der Waals surface area (Å²) in [6.07, 6.45) is 2.33. The number of hydrogen-bond acceptors (Lipinski definition) is 2. The summed E-state index contributed by atoms with van der Waals surface area (Å²) in [6.45, 7) is 6.95. The maximum Gasteiger partial charge on any atom is 0.312 e. The van der Waals surface area contributed by atoms with Crippen molar-refractivity contribution in [2.75, 3.05) is 7.11 Å². The zero-order valence-corrected chi connectivity index (χ0v) is 9.39. The quantitative estimate of drug-likeness (QED) is 0.598. The summed E-state index contributed by atoms with van der Waals surface area (Å²) >= 11 is 0. The molecule has 78 valence electrons. The molecule has 0 aromatic heterocycles. The van der Waals surface area contributed by atoms with E-state index in [1.807, 2.05) is 0 Å². The zero-order valence-electron chi connectivity index (χ0n) is 9.39. The van der Waals surface area contributed by atoms with Gasteiger partial charge in [0.05, 0.1) is 12.5 Å². The van der Waals surface area contributed by atoms with E-state index in [4.69, 9.17) is 4.74 Å². The van der Waals surface area contributed by atoms with Gasteiger partial charge in [-0.2, -0.15) is 0 Å². The molecule has 4 saturated carbocycles. The molecule has 4 fully saturated rings. The minimum Gasteiger partial charge on any atom is -0.469 e. The highest BCUT2D eigenvalue weighted by Crippen LogP contribution is 2.92. The molecule has 0 saturated heterocycles. The van der Waals surface area contributed by atoms with Gasteiger partial charge in [-0.05, 0) is 35.5 Å². The van der Waals surface area contributed by atoms with Crippen molar-refractivity contribution >= 4 is 5.97 Å². The van der Waals surface area contributed by atoms with Gasteiger partial charge in [0, 0.05) is 0 Å². The number of methoxy groups -OCH3 is 1. The fourth-order valence-corrected chi connectivity index (χ4v) is 4.96. The van der Waals surface area contributed by atoms with Crippen LogP contribution in [0.2, 0.25) is 0 Å². The molecule has 4 bridgehead atoms. The first-order valence-corrected chi connectivity index (χ1v) is 5.51. The number of esters is 1. The van der Waals surface area contributed by atoms with E-state index >= 15 is 0 Å². The fourth-order valence-electron chi connectivity index (χ4n) is 4.96. The topological polar surface area (TPSA) is 26.3 Å². The Morgan fingerprint density at radius 1 is 1.36 bits per heavy atom. The molecule has 0 aromatic rings. The van der Waals surface area contributed by atoms with Crippen molar-refractivity contribution in [1.29, 1.82) is 0 Å².